The normalized spacial score (nSPS) is 20.7. The molecule has 2 rings (SSSR count). The van der Waals surface area contributed by atoms with Gasteiger partial charge >= 0.3 is 0 Å². The lowest BCUT2D eigenvalue weighted by molar-refractivity contribution is -0.0118. The van der Waals surface area contributed by atoms with Gasteiger partial charge in [-0.25, -0.2) is 4.98 Å². The fourth-order valence-electron chi connectivity index (χ4n) is 1.78. The number of morpholine rings is 1. The van der Waals surface area contributed by atoms with Gasteiger partial charge in [0.15, 0.2) is 0 Å². The Kier molecular flexibility index (Phi) is 4.73. The van der Waals surface area contributed by atoms with Gasteiger partial charge in [0.25, 0.3) is 0 Å². The van der Waals surface area contributed by atoms with Crippen molar-refractivity contribution in [2.45, 2.75) is 6.10 Å². The first-order valence-electron chi connectivity index (χ1n) is 5.79. The van der Waals surface area contributed by atoms with Crippen LogP contribution >= 0.6 is 15.9 Å². The minimum atomic E-state index is 0.169. The number of methoxy groups -OCH3 is 1. The molecule has 6 nitrogen and oxygen atoms in total. The summed E-state index contributed by atoms with van der Waals surface area (Å²) in [5.41, 5.74) is 0. The number of hydrogen-bond donors (Lipinski definition) is 1. The minimum absolute atomic E-state index is 0.169. The Labute approximate surface area is 115 Å². The van der Waals surface area contributed by atoms with Crippen LogP contribution in [0.25, 0.3) is 0 Å². The quantitative estimate of drug-likeness (QED) is 0.894. The molecule has 1 unspecified atom stereocenters. The standard InChI is InChI=1S/C11H17BrN4O2/c1-16-3-4-18-8(7-16)5-13-11-14-6-9(12)10(15-11)17-2/h6,8H,3-5,7H2,1-2H3,(H,13,14,15). The van der Waals surface area contributed by atoms with Gasteiger partial charge in [-0.2, -0.15) is 4.98 Å². The molecule has 1 aromatic heterocycles. The lowest BCUT2D eigenvalue weighted by atomic mass is 10.3. The zero-order valence-electron chi connectivity index (χ0n) is 10.5. The monoisotopic (exact) mass is 316 g/mol. The number of nitrogens with zero attached hydrogens (tertiary/aromatic N) is 3. The van der Waals surface area contributed by atoms with Crippen LogP contribution in [0.1, 0.15) is 0 Å². The lowest BCUT2D eigenvalue weighted by Crippen LogP contribution is -2.43. The number of rotatable bonds is 4. The summed E-state index contributed by atoms with van der Waals surface area (Å²) < 4.78 is 11.5. The average Bonchev–Trinajstić information content (AvgIpc) is 2.38. The third-order valence-corrected chi connectivity index (χ3v) is 3.28. The number of aromatic nitrogens is 2. The largest absolute Gasteiger partial charge is 0.480 e. The van der Waals surface area contributed by atoms with E-state index in [2.05, 4.69) is 43.2 Å². The molecule has 0 spiro atoms. The smallest absolute Gasteiger partial charge is 0.232 e. The molecule has 18 heavy (non-hydrogen) atoms. The van der Waals surface area contributed by atoms with Crippen molar-refractivity contribution in [2.75, 3.05) is 45.7 Å². The predicted octanol–water partition coefficient (Wildman–Crippen LogP) is 0.990. The zero-order chi connectivity index (χ0) is 13.0. The summed E-state index contributed by atoms with van der Waals surface area (Å²) in [5.74, 6) is 1.07. The third kappa shape index (κ3) is 3.54. The second-order valence-electron chi connectivity index (χ2n) is 4.19. The van der Waals surface area contributed by atoms with E-state index in [4.69, 9.17) is 9.47 Å². The Balaban J connectivity index is 1.89. The highest BCUT2D eigenvalue weighted by Crippen LogP contribution is 2.21. The summed E-state index contributed by atoms with van der Waals surface area (Å²) in [4.78, 5) is 10.7. The first kappa shape index (κ1) is 13.5. The number of hydrogen-bond acceptors (Lipinski definition) is 6. The summed E-state index contributed by atoms with van der Waals surface area (Å²) in [7, 11) is 3.67. The summed E-state index contributed by atoms with van der Waals surface area (Å²) in [6, 6.07) is 0. The molecule has 1 saturated heterocycles. The fourth-order valence-corrected chi connectivity index (χ4v) is 2.13. The third-order valence-electron chi connectivity index (χ3n) is 2.74. The molecule has 0 saturated carbocycles. The van der Waals surface area contributed by atoms with Crippen LogP contribution in [0.2, 0.25) is 0 Å². The van der Waals surface area contributed by atoms with E-state index in [-0.39, 0.29) is 6.10 Å². The molecular weight excluding hydrogens is 300 g/mol. The first-order chi connectivity index (χ1) is 8.69. The Bertz CT molecular complexity index is 405. The van der Waals surface area contributed by atoms with E-state index in [1.54, 1.807) is 13.3 Å². The van der Waals surface area contributed by atoms with Crippen molar-refractivity contribution in [1.29, 1.82) is 0 Å². The molecule has 0 aromatic carbocycles. The van der Waals surface area contributed by atoms with E-state index in [1.807, 2.05) is 0 Å². The second kappa shape index (κ2) is 6.31. The molecule has 2 heterocycles. The van der Waals surface area contributed by atoms with E-state index < -0.39 is 0 Å². The van der Waals surface area contributed by atoms with Gasteiger partial charge in [0.1, 0.15) is 0 Å². The SMILES string of the molecule is COc1nc(NCC2CN(C)CCO2)ncc1Br. The van der Waals surface area contributed by atoms with Gasteiger partial charge < -0.3 is 19.7 Å². The fraction of sp³-hybridized carbons (Fsp3) is 0.636. The Hall–Kier alpha value is -0.920. The summed E-state index contributed by atoms with van der Waals surface area (Å²) in [6.07, 6.45) is 1.84. The Morgan fingerprint density at radius 1 is 1.67 bits per heavy atom. The van der Waals surface area contributed by atoms with Crippen LogP contribution in [-0.2, 0) is 4.74 Å². The van der Waals surface area contributed by atoms with Gasteiger partial charge in [0.05, 0.1) is 30.5 Å². The predicted molar refractivity (Wildman–Crippen MR) is 72.0 cm³/mol. The van der Waals surface area contributed by atoms with Crippen molar-refractivity contribution in [3.8, 4) is 5.88 Å². The maximum absolute atomic E-state index is 5.65. The van der Waals surface area contributed by atoms with Crippen LogP contribution in [-0.4, -0.2) is 61.4 Å². The highest BCUT2D eigenvalue weighted by Gasteiger charge is 2.17. The van der Waals surface area contributed by atoms with E-state index in [1.165, 1.54) is 0 Å². The summed E-state index contributed by atoms with van der Waals surface area (Å²) in [6.45, 7) is 3.36. The molecule has 1 N–H and O–H groups in total. The Morgan fingerprint density at radius 3 is 3.22 bits per heavy atom. The van der Waals surface area contributed by atoms with Crippen LogP contribution in [0.5, 0.6) is 5.88 Å². The van der Waals surface area contributed by atoms with Crippen LogP contribution in [0.4, 0.5) is 5.95 Å². The van der Waals surface area contributed by atoms with Crippen LogP contribution in [0, 0.1) is 0 Å². The van der Waals surface area contributed by atoms with Gasteiger partial charge in [-0.1, -0.05) is 0 Å². The molecule has 100 valence electrons. The van der Waals surface area contributed by atoms with Crippen molar-refractivity contribution in [1.82, 2.24) is 14.9 Å². The molecule has 7 heteroatoms. The number of likely N-dealkylation sites (N-methyl/N-ethyl adjacent to an activating group) is 1. The van der Waals surface area contributed by atoms with E-state index in [9.17, 15) is 0 Å². The minimum Gasteiger partial charge on any atom is -0.480 e. The van der Waals surface area contributed by atoms with Crippen molar-refractivity contribution in [2.24, 2.45) is 0 Å². The topological polar surface area (TPSA) is 59.5 Å². The highest BCUT2D eigenvalue weighted by atomic mass is 79.9. The molecule has 0 aliphatic carbocycles. The number of halogens is 1. The maximum Gasteiger partial charge on any atom is 0.232 e. The molecule has 0 bridgehead atoms. The van der Waals surface area contributed by atoms with Crippen LogP contribution < -0.4 is 10.1 Å². The molecule has 1 aromatic rings. The summed E-state index contributed by atoms with van der Waals surface area (Å²) >= 11 is 3.32. The molecule has 1 fully saturated rings. The van der Waals surface area contributed by atoms with Gasteiger partial charge in [-0.3, -0.25) is 0 Å². The van der Waals surface area contributed by atoms with Crippen molar-refractivity contribution >= 4 is 21.9 Å². The van der Waals surface area contributed by atoms with E-state index >= 15 is 0 Å². The lowest BCUT2D eigenvalue weighted by Gasteiger charge is -2.30. The van der Waals surface area contributed by atoms with Gasteiger partial charge in [-0.05, 0) is 23.0 Å². The Morgan fingerprint density at radius 2 is 2.50 bits per heavy atom. The number of ether oxygens (including phenoxy) is 2. The van der Waals surface area contributed by atoms with Gasteiger partial charge in [-0.15, -0.1) is 0 Å². The van der Waals surface area contributed by atoms with Crippen molar-refractivity contribution < 1.29 is 9.47 Å². The van der Waals surface area contributed by atoms with Crippen molar-refractivity contribution in [3.05, 3.63) is 10.7 Å². The molecule has 1 aliphatic heterocycles. The summed E-state index contributed by atoms with van der Waals surface area (Å²) in [5, 5.41) is 3.16. The highest BCUT2D eigenvalue weighted by molar-refractivity contribution is 9.10. The maximum atomic E-state index is 5.65. The van der Waals surface area contributed by atoms with Gasteiger partial charge in [0.2, 0.25) is 11.8 Å². The second-order valence-corrected chi connectivity index (χ2v) is 5.04. The van der Waals surface area contributed by atoms with E-state index in [0.717, 1.165) is 24.2 Å². The average molecular weight is 317 g/mol. The van der Waals surface area contributed by atoms with Crippen LogP contribution in [0.3, 0.4) is 0 Å². The zero-order valence-corrected chi connectivity index (χ0v) is 12.1. The number of nitrogens with one attached hydrogen (secondary N) is 1. The van der Waals surface area contributed by atoms with Crippen molar-refractivity contribution in [3.63, 3.8) is 0 Å². The van der Waals surface area contributed by atoms with E-state index in [0.29, 0.717) is 18.4 Å². The molecule has 1 atom stereocenters. The first-order valence-corrected chi connectivity index (χ1v) is 6.59. The van der Waals surface area contributed by atoms with Crippen LogP contribution in [0.15, 0.2) is 10.7 Å². The molecule has 0 amide bonds. The molecular formula is C11H17BrN4O2. The number of anilines is 1. The molecule has 1 aliphatic rings. The molecule has 0 radical (unpaired) electrons. The van der Waals surface area contributed by atoms with Gasteiger partial charge in [0, 0.05) is 19.6 Å².